The van der Waals surface area contributed by atoms with E-state index in [1.54, 1.807) is 6.07 Å². The number of carbonyl (C=O) groups excluding carboxylic acids is 1. The van der Waals surface area contributed by atoms with E-state index >= 15 is 0 Å². The summed E-state index contributed by atoms with van der Waals surface area (Å²) in [6.07, 6.45) is 0. The molecular formula is C13H10F2O2S. The van der Waals surface area contributed by atoms with E-state index in [4.69, 9.17) is 4.74 Å². The molecule has 2 rings (SSSR count). The standard InChI is InChI=1S/C13H10F2O2S/c1-8-5-6-12(18-8)11(16)7-17-13-9(14)3-2-4-10(13)15/h2-6H,7H2,1H3. The number of halogens is 2. The van der Waals surface area contributed by atoms with Crippen LogP contribution in [0.1, 0.15) is 14.5 Å². The number of carbonyl (C=O) groups is 1. The maximum absolute atomic E-state index is 13.2. The molecule has 0 amide bonds. The Morgan fingerprint density at radius 1 is 1.22 bits per heavy atom. The second-order valence-corrected chi connectivity index (χ2v) is 4.96. The van der Waals surface area contributed by atoms with Crippen LogP contribution in [-0.4, -0.2) is 12.4 Å². The summed E-state index contributed by atoms with van der Waals surface area (Å²) in [5, 5.41) is 0. The van der Waals surface area contributed by atoms with Crippen molar-refractivity contribution in [3.63, 3.8) is 0 Å². The fraction of sp³-hybridized carbons (Fsp3) is 0.154. The van der Waals surface area contributed by atoms with Gasteiger partial charge in [-0.3, -0.25) is 4.79 Å². The molecule has 18 heavy (non-hydrogen) atoms. The molecule has 94 valence electrons. The fourth-order valence-electron chi connectivity index (χ4n) is 1.41. The largest absolute Gasteiger partial charge is 0.479 e. The van der Waals surface area contributed by atoms with Crippen molar-refractivity contribution in [2.75, 3.05) is 6.61 Å². The van der Waals surface area contributed by atoms with Crippen molar-refractivity contribution in [3.05, 3.63) is 51.7 Å². The summed E-state index contributed by atoms with van der Waals surface area (Å²) in [6.45, 7) is 1.50. The Bertz CT molecular complexity index is 558. The zero-order valence-electron chi connectivity index (χ0n) is 9.57. The maximum Gasteiger partial charge on any atom is 0.210 e. The highest BCUT2D eigenvalue weighted by molar-refractivity contribution is 7.14. The van der Waals surface area contributed by atoms with E-state index in [0.717, 1.165) is 17.0 Å². The molecule has 0 fully saturated rings. The Balaban J connectivity index is 2.06. The van der Waals surface area contributed by atoms with E-state index in [2.05, 4.69) is 0 Å². The minimum atomic E-state index is -0.815. The molecule has 1 heterocycles. The average molecular weight is 268 g/mol. The van der Waals surface area contributed by atoms with Crippen molar-refractivity contribution < 1.29 is 18.3 Å². The van der Waals surface area contributed by atoms with Gasteiger partial charge in [0.05, 0.1) is 4.88 Å². The van der Waals surface area contributed by atoms with Crippen LogP contribution in [0.4, 0.5) is 8.78 Å². The predicted molar refractivity (Wildman–Crippen MR) is 65.2 cm³/mol. The molecular weight excluding hydrogens is 258 g/mol. The number of para-hydroxylation sites is 1. The summed E-state index contributed by atoms with van der Waals surface area (Å²) in [5.41, 5.74) is 0. The number of hydrogen-bond acceptors (Lipinski definition) is 3. The van der Waals surface area contributed by atoms with Crippen LogP contribution in [0.15, 0.2) is 30.3 Å². The SMILES string of the molecule is Cc1ccc(C(=O)COc2c(F)cccc2F)s1. The molecule has 0 aliphatic heterocycles. The molecule has 2 aromatic rings. The van der Waals surface area contributed by atoms with Gasteiger partial charge in [0.25, 0.3) is 0 Å². The van der Waals surface area contributed by atoms with Crippen molar-refractivity contribution in [2.24, 2.45) is 0 Å². The van der Waals surface area contributed by atoms with E-state index in [1.807, 2.05) is 13.0 Å². The molecule has 0 unspecified atom stereocenters. The van der Waals surface area contributed by atoms with Crippen LogP contribution in [0, 0.1) is 18.6 Å². The van der Waals surface area contributed by atoms with Gasteiger partial charge in [0.1, 0.15) is 0 Å². The van der Waals surface area contributed by atoms with Crippen molar-refractivity contribution in [3.8, 4) is 5.75 Å². The van der Waals surface area contributed by atoms with Crippen LogP contribution in [-0.2, 0) is 0 Å². The summed E-state index contributed by atoms with van der Waals surface area (Å²) in [4.78, 5) is 13.2. The first-order chi connectivity index (χ1) is 8.58. The Morgan fingerprint density at radius 2 is 1.89 bits per heavy atom. The van der Waals surface area contributed by atoms with Crippen LogP contribution in [0.25, 0.3) is 0 Å². The molecule has 1 aromatic heterocycles. The van der Waals surface area contributed by atoms with E-state index in [0.29, 0.717) is 4.88 Å². The van der Waals surface area contributed by atoms with E-state index in [1.165, 1.54) is 17.4 Å². The van der Waals surface area contributed by atoms with E-state index in [9.17, 15) is 13.6 Å². The highest BCUT2D eigenvalue weighted by Gasteiger charge is 2.13. The quantitative estimate of drug-likeness (QED) is 0.792. The molecule has 0 saturated heterocycles. The minimum absolute atomic E-state index is 0.296. The first-order valence-electron chi connectivity index (χ1n) is 5.24. The zero-order valence-corrected chi connectivity index (χ0v) is 10.4. The number of ketones is 1. The van der Waals surface area contributed by atoms with Crippen molar-refractivity contribution in [1.82, 2.24) is 0 Å². The highest BCUT2D eigenvalue weighted by Crippen LogP contribution is 2.22. The molecule has 5 heteroatoms. The lowest BCUT2D eigenvalue weighted by Crippen LogP contribution is -2.11. The number of aryl methyl sites for hydroxylation is 1. The third-order valence-electron chi connectivity index (χ3n) is 2.28. The van der Waals surface area contributed by atoms with Crippen molar-refractivity contribution in [2.45, 2.75) is 6.92 Å². The summed E-state index contributed by atoms with van der Waals surface area (Å²) >= 11 is 1.32. The Kier molecular flexibility index (Phi) is 3.72. The molecule has 0 aliphatic carbocycles. The molecule has 2 nitrogen and oxygen atoms in total. The third-order valence-corrected chi connectivity index (χ3v) is 3.32. The molecule has 0 N–H and O–H groups in total. The maximum atomic E-state index is 13.2. The van der Waals surface area contributed by atoms with Crippen LogP contribution in [0.5, 0.6) is 5.75 Å². The molecule has 1 aromatic carbocycles. The predicted octanol–water partition coefficient (Wildman–Crippen LogP) is 3.60. The molecule has 0 radical (unpaired) electrons. The Hall–Kier alpha value is -1.75. The van der Waals surface area contributed by atoms with Gasteiger partial charge in [0, 0.05) is 4.88 Å². The van der Waals surface area contributed by atoms with Crippen molar-refractivity contribution in [1.29, 1.82) is 0 Å². The Morgan fingerprint density at radius 3 is 2.44 bits per heavy atom. The van der Waals surface area contributed by atoms with Crippen molar-refractivity contribution >= 4 is 17.1 Å². The van der Waals surface area contributed by atoms with Gasteiger partial charge in [-0.2, -0.15) is 0 Å². The number of ether oxygens (including phenoxy) is 1. The van der Waals surface area contributed by atoms with E-state index < -0.39 is 17.4 Å². The highest BCUT2D eigenvalue weighted by atomic mass is 32.1. The van der Waals surface area contributed by atoms with E-state index in [-0.39, 0.29) is 12.4 Å². The lowest BCUT2D eigenvalue weighted by molar-refractivity contribution is 0.0919. The van der Waals surface area contributed by atoms with Gasteiger partial charge < -0.3 is 4.74 Å². The molecule has 0 saturated carbocycles. The second kappa shape index (κ2) is 5.27. The topological polar surface area (TPSA) is 26.3 Å². The first kappa shape index (κ1) is 12.7. The van der Waals surface area contributed by atoms with Gasteiger partial charge in [-0.1, -0.05) is 6.07 Å². The summed E-state index contributed by atoms with van der Waals surface area (Å²) in [6, 6.07) is 6.88. The van der Waals surface area contributed by atoms with Crippen LogP contribution < -0.4 is 4.74 Å². The fourth-order valence-corrected chi connectivity index (χ4v) is 2.21. The normalized spacial score (nSPS) is 10.4. The number of thiophene rings is 1. The number of benzene rings is 1. The monoisotopic (exact) mass is 268 g/mol. The smallest absolute Gasteiger partial charge is 0.210 e. The average Bonchev–Trinajstić information content (AvgIpc) is 2.75. The van der Waals surface area contributed by atoms with Gasteiger partial charge in [0.2, 0.25) is 5.78 Å². The van der Waals surface area contributed by atoms with Gasteiger partial charge in [-0.15, -0.1) is 11.3 Å². The number of Topliss-reactive ketones (excluding diaryl/α,β-unsaturated/α-hetero) is 1. The van der Waals surface area contributed by atoms with Gasteiger partial charge in [-0.05, 0) is 31.2 Å². The molecule has 0 bridgehead atoms. The van der Waals surface area contributed by atoms with Gasteiger partial charge in [-0.25, -0.2) is 8.78 Å². The van der Waals surface area contributed by atoms with Crippen LogP contribution in [0.3, 0.4) is 0 Å². The summed E-state index contributed by atoms with van der Waals surface area (Å²) in [7, 11) is 0. The molecule has 0 spiro atoms. The lowest BCUT2D eigenvalue weighted by atomic mass is 10.3. The minimum Gasteiger partial charge on any atom is -0.479 e. The lowest BCUT2D eigenvalue weighted by Gasteiger charge is -2.06. The summed E-state index contributed by atoms with van der Waals surface area (Å²) < 4.78 is 31.4. The number of hydrogen-bond donors (Lipinski definition) is 0. The van der Waals surface area contributed by atoms with Crippen LogP contribution in [0.2, 0.25) is 0 Å². The second-order valence-electron chi connectivity index (χ2n) is 3.67. The summed E-state index contributed by atoms with van der Waals surface area (Å²) in [5.74, 6) is -2.44. The number of rotatable bonds is 4. The Labute approximate surface area is 107 Å². The molecule has 0 atom stereocenters. The molecule has 0 aliphatic rings. The third kappa shape index (κ3) is 2.73. The zero-order chi connectivity index (χ0) is 13.1. The van der Waals surface area contributed by atoms with Gasteiger partial charge >= 0.3 is 0 Å². The first-order valence-corrected chi connectivity index (χ1v) is 6.06. The van der Waals surface area contributed by atoms with Gasteiger partial charge in [0.15, 0.2) is 24.0 Å². The van der Waals surface area contributed by atoms with Crippen LogP contribution >= 0.6 is 11.3 Å².